The van der Waals surface area contributed by atoms with Gasteiger partial charge < -0.3 is 19.7 Å². The Morgan fingerprint density at radius 1 is 1.14 bits per heavy atom. The fourth-order valence-electron chi connectivity index (χ4n) is 4.96. The Morgan fingerprint density at radius 2 is 1.89 bits per heavy atom. The number of hydrogen-bond donors (Lipinski definition) is 1. The van der Waals surface area contributed by atoms with Crippen molar-refractivity contribution in [3.05, 3.63) is 47.4 Å². The van der Waals surface area contributed by atoms with Crippen LogP contribution in [-0.2, 0) is 6.54 Å². The van der Waals surface area contributed by atoms with Crippen LogP contribution in [0.5, 0.6) is 17.6 Å². The highest BCUT2D eigenvalue weighted by Crippen LogP contribution is 2.40. The van der Waals surface area contributed by atoms with Gasteiger partial charge in [0.05, 0.1) is 7.11 Å². The SMILES string of the molecule is COc1cc(N2C[C@H]3CC[C@@H](C2)[C@H]3Nc2nc(Oc3cc(F)cc(Cl)c3)n(CC(F)(F)F)n2)ccn1. The van der Waals surface area contributed by atoms with Crippen LogP contribution in [0.2, 0.25) is 5.02 Å². The van der Waals surface area contributed by atoms with Gasteiger partial charge in [-0.25, -0.2) is 14.1 Å². The van der Waals surface area contributed by atoms with Gasteiger partial charge in [-0.05, 0) is 42.9 Å². The van der Waals surface area contributed by atoms with Gasteiger partial charge in [0.1, 0.15) is 18.1 Å². The molecule has 8 nitrogen and oxygen atoms in total. The van der Waals surface area contributed by atoms with Crippen LogP contribution in [0.15, 0.2) is 36.5 Å². The third-order valence-corrected chi connectivity index (χ3v) is 6.65. The van der Waals surface area contributed by atoms with E-state index >= 15 is 0 Å². The molecule has 1 N–H and O–H groups in total. The van der Waals surface area contributed by atoms with Crippen LogP contribution in [0.1, 0.15) is 12.8 Å². The van der Waals surface area contributed by atoms with Crippen molar-refractivity contribution in [3.8, 4) is 17.6 Å². The molecule has 3 atom stereocenters. The van der Waals surface area contributed by atoms with Gasteiger partial charge >= 0.3 is 12.2 Å². The van der Waals surface area contributed by atoms with Crippen molar-refractivity contribution in [2.75, 3.05) is 30.4 Å². The molecule has 3 aromatic rings. The first-order valence-corrected chi connectivity index (χ1v) is 11.7. The second-order valence-electron chi connectivity index (χ2n) is 8.93. The minimum atomic E-state index is -4.56. The van der Waals surface area contributed by atoms with E-state index in [4.69, 9.17) is 21.1 Å². The number of pyridine rings is 1. The zero-order chi connectivity index (χ0) is 25.4. The third-order valence-electron chi connectivity index (χ3n) is 6.43. The Labute approximate surface area is 209 Å². The van der Waals surface area contributed by atoms with E-state index in [1.54, 1.807) is 13.3 Å². The van der Waals surface area contributed by atoms with Crippen molar-refractivity contribution in [2.24, 2.45) is 11.8 Å². The molecule has 2 bridgehead atoms. The summed E-state index contributed by atoms with van der Waals surface area (Å²) >= 11 is 5.84. The quantitative estimate of drug-likeness (QED) is 0.426. The molecule has 2 aromatic heterocycles. The van der Waals surface area contributed by atoms with E-state index in [-0.39, 0.29) is 34.6 Å². The smallest absolute Gasteiger partial charge is 0.408 e. The average Bonchev–Trinajstić information content (AvgIpc) is 3.26. The van der Waals surface area contributed by atoms with E-state index in [2.05, 4.69) is 25.3 Å². The molecule has 1 aliphatic heterocycles. The predicted molar refractivity (Wildman–Crippen MR) is 124 cm³/mol. The largest absolute Gasteiger partial charge is 0.481 e. The first-order valence-electron chi connectivity index (χ1n) is 11.3. The number of methoxy groups -OCH3 is 1. The zero-order valence-electron chi connectivity index (χ0n) is 19.2. The van der Waals surface area contributed by atoms with Gasteiger partial charge in [0.2, 0.25) is 11.8 Å². The van der Waals surface area contributed by atoms with Crippen LogP contribution >= 0.6 is 11.6 Å². The molecule has 36 heavy (non-hydrogen) atoms. The molecular formula is C23H23ClF4N6O2. The van der Waals surface area contributed by atoms with E-state index in [1.807, 2.05) is 12.1 Å². The highest BCUT2D eigenvalue weighted by Gasteiger charge is 2.43. The number of piperidine rings is 1. The second kappa shape index (κ2) is 9.64. The lowest BCUT2D eigenvalue weighted by atomic mass is 9.92. The fraction of sp³-hybridized carbons (Fsp3) is 0.435. The molecule has 0 radical (unpaired) electrons. The summed E-state index contributed by atoms with van der Waals surface area (Å²) in [4.78, 5) is 10.6. The molecule has 0 unspecified atom stereocenters. The van der Waals surface area contributed by atoms with Gasteiger partial charge in [-0.1, -0.05) is 11.6 Å². The third kappa shape index (κ3) is 5.43. The Balaban J connectivity index is 1.34. The molecule has 1 saturated carbocycles. The Hall–Kier alpha value is -3.28. The Kier molecular flexibility index (Phi) is 6.54. The van der Waals surface area contributed by atoms with Crippen molar-refractivity contribution in [3.63, 3.8) is 0 Å². The summed E-state index contributed by atoms with van der Waals surface area (Å²) in [5.74, 6) is 0.272. The van der Waals surface area contributed by atoms with E-state index < -0.39 is 24.5 Å². The predicted octanol–water partition coefficient (Wildman–Crippen LogP) is 5.16. The monoisotopic (exact) mass is 526 g/mol. The summed E-state index contributed by atoms with van der Waals surface area (Å²) in [7, 11) is 1.57. The summed E-state index contributed by atoms with van der Waals surface area (Å²) in [5.41, 5.74) is 1.01. The lowest BCUT2D eigenvalue weighted by Crippen LogP contribution is -2.48. The molecule has 13 heteroatoms. The number of halogens is 5. The molecule has 1 aliphatic carbocycles. The van der Waals surface area contributed by atoms with Gasteiger partial charge in [0.15, 0.2) is 0 Å². The minimum absolute atomic E-state index is 0.0109. The average molecular weight is 527 g/mol. The number of nitrogens with zero attached hydrogens (tertiary/aromatic N) is 5. The van der Waals surface area contributed by atoms with Crippen LogP contribution in [0.3, 0.4) is 0 Å². The lowest BCUT2D eigenvalue weighted by molar-refractivity contribution is -0.143. The molecule has 5 rings (SSSR count). The van der Waals surface area contributed by atoms with E-state index in [0.717, 1.165) is 43.8 Å². The van der Waals surface area contributed by atoms with Crippen molar-refractivity contribution in [2.45, 2.75) is 31.6 Å². The Bertz CT molecular complexity index is 1210. The number of aromatic nitrogens is 4. The number of alkyl halides is 3. The van der Waals surface area contributed by atoms with Gasteiger partial charge in [-0.15, -0.1) is 5.10 Å². The van der Waals surface area contributed by atoms with Crippen LogP contribution in [0, 0.1) is 17.7 Å². The standard InChI is InChI=1S/C23H23ClF4N6O2/c1-35-19-9-17(4-5-29-19)33-10-13-2-3-14(11-33)20(13)30-21-31-22(34(32-21)12-23(26,27)28)36-18-7-15(24)6-16(25)8-18/h4-9,13-14,20H,2-3,10-12H2,1H3,(H,30,32)/t13-,14+,20+. The molecule has 192 valence electrons. The maximum absolute atomic E-state index is 13.7. The van der Waals surface area contributed by atoms with E-state index in [0.29, 0.717) is 10.6 Å². The van der Waals surface area contributed by atoms with Crippen LogP contribution in [0.25, 0.3) is 0 Å². The zero-order valence-corrected chi connectivity index (χ0v) is 19.9. The summed E-state index contributed by atoms with van der Waals surface area (Å²) in [5, 5.41) is 7.29. The molecule has 1 saturated heterocycles. The fourth-order valence-corrected chi connectivity index (χ4v) is 5.17. The van der Waals surface area contributed by atoms with Crippen LogP contribution in [0.4, 0.5) is 29.2 Å². The molecule has 2 fully saturated rings. The molecule has 0 amide bonds. The number of rotatable bonds is 7. The maximum Gasteiger partial charge on any atom is 0.408 e. The van der Waals surface area contributed by atoms with E-state index in [1.165, 1.54) is 6.07 Å². The summed E-state index contributed by atoms with van der Waals surface area (Å²) < 4.78 is 64.5. The maximum atomic E-state index is 13.7. The number of fused-ring (bicyclic) bond motifs is 2. The first-order chi connectivity index (χ1) is 17.2. The normalized spacial score (nSPS) is 21.5. The van der Waals surface area contributed by atoms with Crippen LogP contribution in [-0.4, -0.2) is 52.2 Å². The highest BCUT2D eigenvalue weighted by molar-refractivity contribution is 6.30. The molecular weight excluding hydrogens is 504 g/mol. The van der Waals surface area contributed by atoms with Gasteiger partial charge in [0.25, 0.3) is 0 Å². The van der Waals surface area contributed by atoms with Gasteiger partial charge in [0, 0.05) is 48.2 Å². The molecule has 1 aromatic carbocycles. The molecule has 2 aliphatic rings. The van der Waals surface area contributed by atoms with Crippen molar-refractivity contribution >= 4 is 23.2 Å². The van der Waals surface area contributed by atoms with Crippen LogP contribution < -0.4 is 19.7 Å². The summed E-state index contributed by atoms with van der Waals surface area (Å²) in [6, 6.07) is 6.75. The number of anilines is 2. The first kappa shape index (κ1) is 24.4. The lowest BCUT2D eigenvalue weighted by Gasteiger charge is -2.39. The van der Waals surface area contributed by atoms with Gasteiger partial charge in [-0.2, -0.15) is 18.2 Å². The summed E-state index contributed by atoms with van der Waals surface area (Å²) in [6.45, 7) is 0.112. The highest BCUT2D eigenvalue weighted by atomic mass is 35.5. The number of nitrogens with one attached hydrogen (secondary N) is 1. The Morgan fingerprint density at radius 3 is 2.56 bits per heavy atom. The number of ether oxygens (including phenoxy) is 2. The summed E-state index contributed by atoms with van der Waals surface area (Å²) in [6.07, 6.45) is -0.922. The minimum Gasteiger partial charge on any atom is -0.481 e. The number of hydrogen-bond acceptors (Lipinski definition) is 7. The number of benzene rings is 1. The second-order valence-corrected chi connectivity index (χ2v) is 9.36. The molecule has 3 heterocycles. The van der Waals surface area contributed by atoms with E-state index in [9.17, 15) is 17.6 Å². The van der Waals surface area contributed by atoms with Crippen molar-refractivity contribution in [1.29, 1.82) is 0 Å². The van der Waals surface area contributed by atoms with Crippen molar-refractivity contribution < 1.29 is 27.0 Å². The topological polar surface area (TPSA) is 77.3 Å². The van der Waals surface area contributed by atoms with Crippen molar-refractivity contribution in [1.82, 2.24) is 19.7 Å². The van der Waals surface area contributed by atoms with Gasteiger partial charge in [-0.3, -0.25) is 0 Å². The molecule has 0 spiro atoms.